The van der Waals surface area contributed by atoms with E-state index in [-0.39, 0.29) is 0 Å². The molecule has 1 atom stereocenters. The summed E-state index contributed by atoms with van der Waals surface area (Å²) in [5.74, 6) is 0. The highest BCUT2D eigenvalue weighted by molar-refractivity contribution is 4.49. The van der Waals surface area contributed by atoms with E-state index in [9.17, 15) is 0 Å². The first-order valence-electron chi connectivity index (χ1n) is 3.07. The zero-order chi connectivity index (χ0) is 6.41. The van der Waals surface area contributed by atoms with Crippen molar-refractivity contribution in [3.63, 3.8) is 0 Å². The number of hydrogen-bond acceptors (Lipinski definition) is 2. The summed E-state index contributed by atoms with van der Waals surface area (Å²) >= 11 is 0. The lowest BCUT2D eigenvalue weighted by Crippen LogP contribution is -2.23. The second-order valence-electron chi connectivity index (χ2n) is 1.82. The van der Waals surface area contributed by atoms with Gasteiger partial charge in [0, 0.05) is 13.2 Å². The average Bonchev–Trinajstić information content (AvgIpc) is 1.68. The Bertz CT molecular complexity index is 41.8. The third kappa shape index (κ3) is 4.09. The fourth-order valence-electron chi connectivity index (χ4n) is 0.631. The molecule has 0 fully saturated rings. The van der Waals surface area contributed by atoms with E-state index in [4.69, 9.17) is 4.74 Å². The molecule has 1 N–H and O–H groups in total. The van der Waals surface area contributed by atoms with Crippen molar-refractivity contribution in [2.24, 2.45) is 0 Å². The Morgan fingerprint density at radius 2 is 2.25 bits per heavy atom. The van der Waals surface area contributed by atoms with Crippen LogP contribution in [0.3, 0.4) is 0 Å². The molecule has 8 heavy (non-hydrogen) atoms. The van der Waals surface area contributed by atoms with Crippen LogP contribution in [0.2, 0.25) is 0 Å². The van der Waals surface area contributed by atoms with Gasteiger partial charge in [-0.25, -0.2) is 0 Å². The lowest BCUT2D eigenvalue weighted by molar-refractivity contribution is 0.0776. The van der Waals surface area contributed by atoms with Crippen molar-refractivity contribution >= 4 is 0 Å². The van der Waals surface area contributed by atoms with Crippen LogP contribution in [-0.4, -0.2) is 26.3 Å². The molecule has 0 unspecified atom stereocenters. The van der Waals surface area contributed by atoms with Crippen LogP contribution in [0.1, 0.15) is 13.8 Å². The van der Waals surface area contributed by atoms with Crippen molar-refractivity contribution < 1.29 is 4.74 Å². The van der Waals surface area contributed by atoms with Gasteiger partial charge in [-0.1, -0.05) is 0 Å². The van der Waals surface area contributed by atoms with E-state index in [0.717, 1.165) is 13.2 Å². The molecule has 0 spiro atoms. The maximum absolute atomic E-state index is 5.22. The fourth-order valence-corrected chi connectivity index (χ4v) is 0.631. The molecule has 0 aliphatic heterocycles. The molecular formula is C6H15NO. The summed E-state index contributed by atoms with van der Waals surface area (Å²) in [7, 11) is 1.93. The van der Waals surface area contributed by atoms with Gasteiger partial charge in [-0.15, -0.1) is 0 Å². The van der Waals surface area contributed by atoms with Gasteiger partial charge in [-0.05, 0) is 20.9 Å². The molecule has 0 aromatic heterocycles. The summed E-state index contributed by atoms with van der Waals surface area (Å²) in [4.78, 5) is 0. The summed E-state index contributed by atoms with van der Waals surface area (Å²) in [6.07, 6.45) is 0.352. The highest BCUT2D eigenvalue weighted by Gasteiger charge is 1.94. The minimum Gasteiger partial charge on any atom is -0.377 e. The summed E-state index contributed by atoms with van der Waals surface area (Å²) in [6.45, 7) is 5.81. The van der Waals surface area contributed by atoms with E-state index in [1.165, 1.54) is 0 Å². The van der Waals surface area contributed by atoms with Gasteiger partial charge in [-0.2, -0.15) is 0 Å². The number of hydrogen-bond donors (Lipinski definition) is 1. The first-order chi connectivity index (χ1) is 3.81. The van der Waals surface area contributed by atoms with Crippen LogP contribution in [-0.2, 0) is 4.74 Å². The van der Waals surface area contributed by atoms with Gasteiger partial charge in [0.15, 0.2) is 0 Å². The Morgan fingerprint density at radius 1 is 1.62 bits per heavy atom. The van der Waals surface area contributed by atoms with Crippen molar-refractivity contribution in [1.29, 1.82) is 0 Å². The smallest absolute Gasteiger partial charge is 0.0671 e. The highest BCUT2D eigenvalue weighted by atomic mass is 16.5. The molecule has 0 aliphatic rings. The Kier molecular flexibility index (Phi) is 5.01. The van der Waals surface area contributed by atoms with Crippen molar-refractivity contribution in [2.75, 3.05) is 20.2 Å². The Hall–Kier alpha value is -0.0800. The van der Waals surface area contributed by atoms with Crippen molar-refractivity contribution in [2.45, 2.75) is 20.0 Å². The maximum Gasteiger partial charge on any atom is 0.0671 e. The predicted octanol–water partition coefficient (Wildman–Crippen LogP) is 0.631. The number of likely N-dealkylation sites (N-methyl/N-ethyl adjacent to an activating group) is 1. The molecule has 0 heterocycles. The Morgan fingerprint density at radius 3 is 2.62 bits per heavy atom. The standard InChI is InChI=1S/C6H15NO/c1-4-8-6(2)5-7-3/h6-7H,4-5H2,1-3H3/t6-/m0/s1. The van der Waals surface area contributed by atoms with E-state index in [1.807, 2.05) is 14.0 Å². The first kappa shape index (κ1) is 7.92. The summed E-state index contributed by atoms with van der Waals surface area (Å²) in [5, 5.41) is 3.03. The summed E-state index contributed by atoms with van der Waals surface area (Å²) in [5.41, 5.74) is 0. The fraction of sp³-hybridized carbons (Fsp3) is 1.00. The average molecular weight is 117 g/mol. The third-order valence-corrected chi connectivity index (χ3v) is 0.943. The monoisotopic (exact) mass is 117 g/mol. The SMILES string of the molecule is CCO[C@@H](C)CNC. The van der Waals surface area contributed by atoms with E-state index >= 15 is 0 Å². The molecule has 0 bridgehead atoms. The molecule has 2 heteroatoms. The van der Waals surface area contributed by atoms with Gasteiger partial charge >= 0.3 is 0 Å². The van der Waals surface area contributed by atoms with Crippen molar-refractivity contribution in [3.8, 4) is 0 Å². The molecule has 0 saturated heterocycles. The molecule has 0 aromatic carbocycles. The van der Waals surface area contributed by atoms with E-state index in [2.05, 4.69) is 12.2 Å². The van der Waals surface area contributed by atoms with Crippen LogP contribution in [0.25, 0.3) is 0 Å². The van der Waals surface area contributed by atoms with Crippen LogP contribution >= 0.6 is 0 Å². The molecule has 2 nitrogen and oxygen atoms in total. The minimum absolute atomic E-state index is 0.352. The van der Waals surface area contributed by atoms with Crippen LogP contribution in [0.15, 0.2) is 0 Å². The van der Waals surface area contributed by atoms with Crippen molar-refractivity contribution in [1.82, 2.24) is 5.32 Å². The van der Waals surface area contributed by atoms with Gasteiger partial charge in [0.05, 0.1) is 6.10 Å². The van der Waals surface area contributed by atoms with Crippen LogP contribution in [0.5, 0.6) is 0 Å². The summed E-state index contributed by atoms with van der Waals surface area (Å²) < 4.78 is 5.22. The van der Waals surface area contributed by atoms with E-state index in [0.29, 0.717) is 6.10 Å². The lowest BCUT2D eigenvalue weighted by atomic mass is 10.4. The maximum atomic E-state index is 5.22. The van der Waals surface area contributed by atoms with Gasteiger partial charge in [0.2, 0.25) is 0 Å². The number of nitrogens with one attached hydrogen (secondary N) is 1. The van der Waals surface area contributed by atoms with Crippen LogP contribution in [0.4, 0.5) is 0 Å². The molecule has 50 valence electrons. The van der Waals surface area contributed by atoms with Crippen LogP contribution in [0, 0.1) is 0 Å². The molecule has 0 radical (unpaired) electrons. The molecule has 0 aromatic rings. The molecule has 0 aliphatic carbocycles. The number of ether oxygens (including phenoxy) is 1. The predicted molar refractivity (Wildman–Crippen MR) is 35.0 cm³/mol. The van der Waals surface area contributed by atoms with Gasteiger partial charge in [-0.3, -0.25) is 0 Å². The van der Waals surface area contributed by atoms with Gasteiger partial charge in [0.1, 0.15) is 0 Å². The van der Waals surface area contributed by atoms with Crippen LogP contribution < -0.4 is 5.32 Å². The quantitative estimate of drug-likeness (QED) is 0.583. The Balaban J connectivity index is 2.92. The second-order valence-corrected chi connectivity index (χ2v) is 1.82. The Labute approximate surface area is 51.2 Å². The molecule has 0 saturated carbocycles. The lowest BCUT2D eigenvalue weighted by Gasteiger charge is -2.08. The topological polar surface area (TPSA) is 21.3 Å². The van der Waals surface area contributed by atoms with E-state index in [1.54, 1.807) is 0 Å². The van der Waals surface area contributed by atoms with E-state index < -0.39 is 0 Å². The minimum atomic E-state index is 0.352. The van der Waals surface area contributed by atoms with Gasteiger partial charge in [0.25, 0.3) is 0 Å². The number of rotatable bonds is 4. The molecule has 0 rings (SSSR count). The zero-order valence-electron chi connectivity index (χ0n) is 5.90. The summed E-state index contributed by atoms with van der Waals surface area (Å²) in [6, 6.07) is 0. The highest BCUT2D eigenvalue weighted by Crippen LogP contribution is 1.85. The molecule has 0 amide bonds. The van der Waals surface area contributed by atoms with Gasteiger partial charge < -0.3 is 10.1 Å². The largest absolute Gasteiger partial charge is 0.377 e. The molecular weight excluding hydrogens is 102 g/mol. The normalized spacial score (nSPS) is 13.9. The van der Waals surface area contributed by atoms with Crippen molar-refractivity contribution in [3.05, 3.63) is 0 Å². The first-order valence-corrected chi connectivity index (χ1v) is 3.07. The third-order valence-electron chi connectivity index (χ3n) is 0.943. The zero-order valence-corrected chi connectivity index (χ0v) is 5.90. The second kappa shape index (κ2) is 5.06.